The van der Waals surface area contributed by atoms with Crippen LogP contribution in [0, 0.1) is 5.82 Å². The molecule has 106 valence electrons. The Morgan fingerprint density at radius 1 is 1.14 bits per heavy atom. The molecule has 2 N–H and O–H groups in total. The summed E-state index contributed by atoms with van der Waals surface area (Å²) in [5, 5.41) is 9.14. The summed E-state index contributed by atoms with van der Waals surface area (Å²) >= 11 is 6.76. The number of nitrogens with one attached hydrogen (secondary N) is 1. The molecule has 0 unspecified atom stereocenters. The summed E-state index contributed by atoms with van der Waals surface area (Å²) in [4.78, 5) is 18.4. The van der Waals surface area contributed by atoms with Crippen molar-refractivity contribution in [1.82, 2.24) is 9.97 Å². The monoisotopic (exact) mass is 412 g/mol. The molecule has 3 rings (SSSR count). The highest BCUT2D eigenvalue weighted by molar-refractivity contribution is 9.11. The number of fused-ring (bicyclic) bond motifs is 1. The normalized spacial score (nSPS) is 11.0. The Morgan fingerprint density at radius 3 is 2.43 bits per heavy atom. The van der Waals surface area contributed by atoms with Crippen molar-refractivity contribution in [3.63, 3.8) is 0 Å². The molecule has 0 spiro atoms. The van der Waals surface area contributed by atoms with Gasteiger partial charge in [0.05, 0.1) is 11.1 Å². The molecule has 0 saturated carbocycles. The zero-order valence-electron chi connectivity index (χ0n) is 10.3. The lowest BCUT2D eigenvalue weighted by atomic mass is 10.2. The number of nitrogens with zero attached hydrogens (tertiary/aromatic N) is 1. The molecule has 0 atom stereocenters. The van der Waals surface area contributed by atoms with Crippen LogP contribution in [-0.2, 0) is 0 Å². The second kappa shape index (κ2) is 5.23. The molecule has 0 fully saturated rings. The van der Waals surface area contributed by atoms with Crippen molar-refractivity contribution in [2.75, 3.05) is 0 Å². The molecule has 1 heterocycles. The molecule has 1 aromatic heterocycles. The number of aromatic nitrogens is 2. The molecule has 0 aliphatic rings. The molecule has 4 nitrogen and oxygen atoms in total. The van der Waals surface area contributed by atoms with E-state index in [9.17, 15) is 9.18 Å². The minimum Gasteiger partial charge on any atom is -0.478 e. The van der Waals surface area contributed by atoms with Gasteiger partial charge >= 0.3 is 5.97 Å². The van der Waals surface area contributed by atoms with Crippen LogP contribution in [0.5, 0.6) is 0 Å². The summed E-state index contributed by atoms with van der Waals surface area (Å²) in [6.45, 7) is 0. The van der Waals surface area contributed by atoms with Crippen LogP contribution >= 0.6 is 31.9 Å². The van der Waals surface area contributed by atoms with Gasteiger partial charge in [-0.25, -0.2) is 14.2 Å². The van der Waals surface area contributed by atoms with Crippen molar-refractivity contribution >= 4 is 48.9 Å². The lowest BCUT2D eigenvalue weighted by Crippen LogP contribution is -1.98. The van der Waals surface area contributed by atoms with Crippen molar-refractivity contribution in [2.24, 2.45) is 0 Å². The van der Waals surface area contributed by atoms with Crippen LogP contribution in [0.1, 0.15) is 10.4 Å². The van der Waals surface area contributed by atoms with Gasteiger partial charge < -0.3 is 10.1 Å². The maximum atomic E-state index is 13.5. The molecule has 3 aromatic rings. The second-order valence-corrected chi connectivity index (χ2v) is 6.23. The first-order chi connectivity index (χ1) is 9.94. The van der Waals surface area contributed by atoms with E-state index in [4.69, 9.17) is 5.11 Å². The predicted molar refractivity (Wildman–Crippen MR) is 83.8 cm³/mol. The Morgan fingerprint density at radius 2 is 1.81 bits per heavy atom. The van der Waals surface area contributed by atoms with Crippen LogP contribution in [0.4, 0.5) is 4.39 Å². The van der Waals surface area contributed by atoms with Crippen LogP contribution in [0.25, 0.3) is 22.4 Å². The van der Waals surface area contributed by atoms with Gasteiger partial charge in [0.1, 0.15) is 17.2 Å². The third-order valence-electron chi connectivity index (χ3n) is 2.92. The number of H-pyrrole nitrogens is 1. The average molecular weight is 414 g/mol. The number of halogens is 3. The summed E-state index contributed by atoms with van der Waals surface area (Å²) in [7, 11) is 0. The third kappa shape index (κ3) is 2.71. The van der Waals surface area contributed by atoms with Crippen molar-refractivity contribution in [2.45, 2.75) is 0 Å². The van der Waals surface area contributed by atoms with E-state index in [1.807, 2.05) is 18.2 Å². The molecule has 0 bridgehead atoms. The molecule has 2 aromatic carbocycles. The van der Waals surface area contributed by atoms with E-state index in [2.05, 4.69) is 41.8 Å². The quantitative estimate of drug-likeness (QED) is 0.645. The third-order valence-corrected chi connectivity index (χ3v) is 3.83. The largest absolute Gasteiger partial charge is 0.478 e. The van der Waals surface area contributed by atoms with Gasteiger partial charge in [-0.1, -0.05) is 31.9 Å². The van der Waals surface area contributed by atoms with Gasteiger partial charge in [-0.15, -0.1) is 0 Å². The lowest BCUT2D eigenvalue weighted by molar-refractivity contribution is 0.0698. The summed E-state index contributed by atoms with van der Waals surface area (Å²) in [6.07, 6.45) is 0. The molecule has 0 amide bonds. The number of benzene rings is 2. The minimum absolute atomic E-state index is 0.165. The Kier molecular flexibility index (Phi) is 3.54. The van der Waals surface area contributed by atoms with Gasteiger partial charge in [0.15, 0.2) is 0 Å². The lowest BCUT2D eigenvalue weighted by Gasteiger charge is -1.99. The van der Waals surface area contributed by atoms with E-state index in [1.54, 1.807) is 0 Å². The fourth-order valence-corrected chi connectivity index (χ4v) is 3.37. The Hall–Kier alpha value is -1.73. The van der Waals surface area contributed by atoms with Crippen LogP contribution < -0.4 is 0 Å². The van der Waals surface area contributed by atoms with Crippen LogP contribution in [0.3, 0.4) is 0 Å². The van der Waals surface area contributed by atoms with Gasteiger partial charge in [-0.05, 0) is 30.3 Å². The van der Waals surface area contributed by atoms with Crippen LogP contribution in [0.15, 0.2) is 39.3 Å². The number of carboxylic acids is 1. The number of hydrogen-bond donors (Lipinski definition) is 2. The number of aromatic amines is 1. The average Bonchev–Trinajstić information content (AvgIpc) is 2.79. The van der Waals surface area contributed by atoms with Crippen LogP contribution in [0.2, 0.25) is 0 Å². The van der Waals surface area contributed by atoms with Gasteiger partial charge in [0.25, 0.3) is 0 Å². The maximum Gasteiger partial charge on any atom is 0.338 e. The van der Waals surface area contributed by atoms with Crippen LogP contribution in [-0.4, -0.2) is 21.0 Å². The molecule has 0 saturated heterocycles. The predicted octanol–water partition coefficient (Wildman–Crippen LogP) is 4.59. The molecule has 0 aliphatic heterocycles. The van der Waals surface area contributed by atoms with Crippen molar-refractivity contribution in [3.8, 4) is 11.4 Å². The highest BCUT2D eigenvalue weighted by Crippen LogP contribution is 2.28. The Balaban J connectivity index is 2.26. The molecule has 21 heavy (non-hydrogen) atoms. The number of imidazole rings is 1. The fourth-order valence-electron chi connectivity index (χ4n) is 2.07. The SMILES string of the molecule is O=C(O)c1cc(F)cc2[nH]c(-c3cc(Br)cc(Br)c3)nc12. The van der Waals surface area contributed by atoms with Crippen molar-refractivity contribution in [3.05, 3.63) is 50.7 Å². The number of hydrogen-bond acceptors (Lipinski definition) is 2. The first-order valence-corrected chi connectivity index (χ1v) is 7.41. The van der Waals surface area contributed by atoms with E-state index < -0.39 is 11.8 Å². The molecule has 7 heteroatoms. The van der Waals surface area contributed by atoms with Crippen molar-refractivity contribution < 1.29 is 14.3 Å². The molecular formula is C14H7Br2FN2O2. The van der Waals surface area contributed by atoms with Gasteiger partial charge in [-0.3, -0.25) is 0 Å². The number of rotatable bonds is 2. The first kappa shape index (κ1) is 14.2. The number of aromatic carboxylic acids is 1. The highest BCUT2D eigenvalue weighted by Gasteiger charge is 2.16. The molecule has 0 radical (unpaired) electrons. The molecule has 0 aliphatic carbocycles. The highest BCUT2D eigenvalue weighted by atomic mass is 79.9. The maximum absolute atomic E-state index is 13.5. The topological polar surface area (TPSA) is 66.0 Å². The standard InChI is InChI=1S/C14H7Br2FN2O2/c15-7-1-6(2-8(16)3-7)13-18-11-5-9(17)4-10(14(20)21)12(11)19-13/h1-5H,(H,18,19)(H,20,21). The van der Waals surface area contributed by atoms with E-state index in [0.29, 0.717) is 11.3 Å². The Labute approximate surface area is 135 Å². The van der Waals surface area contributed by atoms with Crippen molar-refractivity contribution in [1.29, 1.82) is 0 Å². The summed E-state index contributed by atoms with van der Waals surface area (Å²) in [6, 6.07) is 7.73. The van der Waals surface area contributed by atoms with E-state index in [-0.39, 0.29) is 11.1 Å². The Bertz CT molecular complexity index is 857. The van der Waals surface area contributed by atoms with E-state index in [0.717, 1.165) is 20.6 Å². The molecular weight excluding hydrogens is 407 g/mol. The zero-order chi connectivity index (χ0) is 15.1. The van der Waals surface area contributed by atoms with Gasteiger partial charge in [0.2, 0.25) is 0 Å². The van der Waals surface area contributed by atoms with Gasteiger partial charge in [0, 0.05) is 14.5 Å². The second-order valence-electron chi connectivity index (χ2n) is 4.40. The number of carboxylic acid groups (broad SMARTS) is 1. The summed E-state index contributed by atoms with van der Waals surface area (Å²) in [5.74, 6) is -1.36. The van der Waals surface area contributed by atoms with E-state index in [1.165, 1.54) is 6.07 Å². The van der Waals surface area contributed by atoms with Gasteiger partial charge in [-0.2, -0.15) is 0 Å². The minimum atomic E-state index is -1.21. The van der Waals surface area contributed by atoms with E-state index >= 15 is 0 Å². The first-order valence-electron chi connectivity index (χ1n) is 5.83. The smallest absolute Gasteiger partial charge is 0.338 e. The summed E-state index contributed by atoms with van der Waals surface area (Å²) in [5.41, 5.74) is 1.17. The fraction of sp³-hybridized carbons (Fsp3) is 0. The number of carbonyl (C=O) groups is 1. The summed E-state index contributed by atoms with van der Waals surface area (Å²) < 4.78 is 15.2. The zero-order valence-corrected chi connectivity index (χ0v) is 13.5.